The van der Waals surface area contributed by atoms with E-state index in [9.17, 15) is 4.79 Å². The molecule has 6 heteroatoms. The van der Waals surface area contributed by atoms with Crippen molar-refractivity contribution in [2.45, 2.75) is 38.6 Å². The molecule has 0 spiro atoms. The molecular formula is C14H24N4OS. The molecule has 112 valence electrons. The van der Waals surface area contributed by atoms with Gasteiger partial charge < -0.3 is 15.5 Å². The maximum atomic E-state index is 12.8. The van der Waals surface area contributed by atoms with Gasteiger partial charge in [-0.05, 0) is 33.9 Å². The minimum atomic E-state index is 0.102. The van der Waals surface area contributed by atoms with Crippen LogP contribution in [-0.2, 0) is 0 Å². The predicted octanol–water partition coefficient (Wildman–Crippen LogP) is 1.98. The second kappa shape index (κ2) is 6.54. The number of hydrogen-bond donors (Lipinski definition) is 1. The molecule has 1 heterocycles. The lowest BCUT2D eigenvalue weighted by molar-refractivity contribution is 0.0671. The average molecular weight is 296 g/mol. The van der Waals surface area contributed by atoms with Crippen LogP contribution in [0.4, 0.5) is 5.13 Å². The summed E-state index contributed by atoms with van der Waals surface area (Å²) in [5.41, 5.74) is 6.48. The number of hydrogen-bond acceptors (Lipinski definition) is 5. The van der Waals surface area contributed by atoms with Crippen molar-refractivity contribution in [3.8, 4) is 0 Å². The van der Waals surface area contributed by atoms with Crippen molar-refractivity contribution in [3.63, 3.8) is 0 Å². The first kappa shape index (κ1) is 15.3. The Balaban J connectivity index is 2.16. The minimum absolute atomic E-state index is 0.102. The number of likely N-dealkylation sites (N-methyl/N-ethyl adjacent to an activating group) is 1. The highest BCUT2D eigenvalue weighted by Crippen LogP contribution is 2.28. The molecule has 0 unspecified atom stereocenters. The van der Waals surface area contributed by atoms with Gasteiger partial charge in [-0.25, -0.2) is 4.98 Å². The lowest BCUT2D eigenvalue weighted by Gasteiger charge is -2.30. The predicted molar refractivity (Wildman–Crippen MR) is 83.1 cm³/mol. The van der Waals surface area contributed by atoms with Crippen molar-refractivity contribution in [2.75, 3.05) is 32.9 Å². The van der Waals surface area contributed by atoms with E-state index in [4.69, 9.17) is 5.73 Å². The Morgan fingerprint density at radius 2 is 2.00 bits per heavy atom. The molecular weight excluding hydrogens is 272 g/mol. The second-order valence-corrected chi connectivity index (χ2v) is 6.74. The smallest absolute Gasteiger partial charge is 0.266 e. The Bertz CT molecular complexity index is 466. The first-order chi connectivity index (χ1) is 9.49. The van der Waals surface area contributed by atoms with E-state index < -0.39 is 0 Å². The fraction of sp³-hybridized carbons (Fsp3) is 0.714. The van der Waals surface area contributed by atoms with Crippen LogP contribution in [0, 0.1) is 6.92 Å². The fourth-order valence-electron chi connectivity index (χ4n) is 2.72. The molecule has 2 N–H and O–H groups in total. The number of nitrogen functional groups attached to an aromatic ring is 1. The molecule has 0 bridgehead atoms. The molecule has 0 aliphatic heterocycles. The number of anilines is 1. The van der Waals surface area contributed by atoms with Gasteiger partial charge in [0.2, 0.25) is 0 Å². The van der Waals surface area contributed by atoms with E-state index in [2.05, 4.69) is 9.88 Å². The molecule has 0 saturated heterocycles. The summed E-state index contributed by atoms with van der Waals surface area (Å²) in [4.78, 5) is 21.8. The van der Waals surface area contributed by atoms with Gasteiger partial charge in [0.15, 0.2) is 5.13 Å². The third-order valence-corrected chi connectivity index (χ3v) is 4.80. The molecule has 1 amide bonds. The molecule has 1 fully saturated rings. The number of carbonyl (C=O) groups excluding carboxylic acids is 1. The first-order valence-electron chi connectivity index (χ1n) is 7.17. The number of nitrogens with two attached hydrogens (primary N) is 1. The van der Waals surface area contributed by atoms with Gasteiger partial charge in [0.1, 0.15) is 4.88 Å². The molecule has 5 nitrogen and oxygen atoms in total. The summed E-state index contributed by atoms with van der Waals surface area (Å²) in [7, 11) is 4.07. The normalized spacial score (nSPS) is 16.0. The van der Waals surface area contributed by atoms with Crippen LogP contribution < -0.4 is 5.73 Å². The van der Waals surface area contributed by atoms with Crippen molar-refractivity contribution in [1.82, 2.24) is 14.8 Å². The molecule has 1 aliphatic rings. The van der Waals surface area contributed by atoms with E-state index in [-0.39, 0.29) is 5.91 Å². The van der Waals surface area contributed by atoms with Gasteiger partial charge in [0, 0.05) is 19.1 Å². The fourth-order valence-corrected chi connectivity index (χ4v) is 3.51. The lowest BCUT2D eigenvalue weighted by atomic mass is 10.2. The molecule has 0 radical (unpaired) electrons. The topological polar surface area (TPSA) is 62.5 Å². The van der Waals surface area contributed by atoms with Gasteiger partial charge in [0.05, 0.1) is 5.69 Å². The quantitative estimate of drug-likeness (QED) is 0.902. The third kappa shape index (κ3) is 3.49. The van der Waals surface area contributed by atoms with Crippen LogP contribution in [0.1, 0.15) is 41.0 Å². The van der Waals surface area contributed by atoms with Crippen LogP contribution in [-0.4, -0.2) is 53.9 Å². The van der Waals surface area contributed by atoms with Crippen molar-refractivity contribution < 1.29 is 4.79 Å². The van der Waals surface area contributed by atoms with Crippen LogP contribution in [0.25, 0.3) is 0 Å². The Morgan fingerprint density at radius 3 is 2.50 bits per heavy atom. The SMILES string of the molecule is Cc1nc(N)sc1C(=O)N(CCN(C)C)C1CCCC1. The third-order valence-electron chi connectivity index (χ3n) is 3.82. The zero-order valence-corrected chi connectivity index (χ0v) is 13.4. The van der Waals surface area contributed by atoms with Crippen LogP contribution in [0.2, 0.25) is 0 Å². The average Bonchev–Trinajstić information content (AvgIpc) is 2.99. The molecule has 1 aromatic heterocycles. The molecule has 1 saturated carbocycles. The van der Waals surface area contributed by atoms with Crippen molar-refractivity contribution in [2.24, 2.45) is 0 Å². The minimum Gasteiger partial charge on any atom is -0.375 e. The van der Waals surface area contributed by atoms with Crippen LogP contribution in [0.5, 0.6) is 0 Å². The number of thiazole rings is 1. The maximum Gasteiger partial charge on any atom is 0.266 e. The number of carbonyl (C=O) groups is 1. The second-order valence-electron chi connectivity index (χ2n) is 5.71. The van der Waals surface area contributed by atoms with E-state index in [1.807, 2.05) is 25.9 Å². The molecule has 0 aromatic carbocycles. The summed E-state index contributed by atoms with van der Waals surface area (Å²) >= 11 is 1.31. The summed E-state index contributed by atoms with van der Waals surface area (Å²) in [6, 6.07) is 0.380. The van der Waals surface area contributed by atoms with E-state index in [1.54, 1.807) is 0 Å². The highest BCUT2D eigenvalue weighted by molar-refractivity contribution is 7.17. The highest BCUT2D eigenvalue weighted by atomic mass is 32.1. The Hall–Kier alpha value is -1.14. The van der Waals surface area contributed by atoms with Crippen molar-refractivity contribution in [3.05, 3.63) is 10.6 Å². The van der Waals surface area contributed by atoms with Gasteiger partial charge in [-0.3, -0.25) is 4.79 Å². The number of aromatic nitrogens is 1. The Kier molecular flexibility index (Phi) is 4.99. The summed E-state index contributed by atoms with van der Waals surface area (Å²) in [6.45, 7) is 3.52. The van der Waals surface area contributed by atoms with E-state index >= 15 is 0 Å². The summed E-state index contributed by atoms with van der Waals surface area (Å²) in [5, 5.41) is 0.477. The standard InChI is InChI=1S/C14H24N4OS/c1-10-12(20-14(15)16-10)13(19)18(9-8-17(2)3)11-6-4-5-7-11/h11H,4-9H2,1-3H3,(H2,15,16). The zero-order chi connectivity index (χ0) is 14.7. The summed E-state index contributed by atoms with van der Waals surface area (Å²) < 4.78 is 0. The monoisotopic (exact) mass is 296 g/mol. The summed E-state index contributed by atoms with van der Waals surface area (Å²) in [5.74, 6) is 0.102. The van der Waals surface area contributed by atoms with Crippen molar-refractivity contribution >= 4 is 22.4 Å². The highest BCUT2D eigenvalue weighted by Gasteiger charge is 2.29. The first-order valence-corrected chi connectivity index (χ1v) is 7.99. The van der Waals surface area contributed by atoms with Gasteiger partial charge in [0.25, 0.3) is 5.91 Å². The number of aryl methyl sites for hydroxylation is 1. The Labute approximate surface area is 124 Å². The zero-order valence-electron chi connectivity index (χ0n) is 12.6. The largest absolute Gasteiger partial charge is 0.375 e. The molecule has 0 atom stereocenters. The van der Waals surface area contributed by atoms with Crippen LogP contribution in [0.3, 0.4) is 0 Å². The maximum absolute atomic E-state index is 12.8. The van der Waals surface area contributed by atoms with Crippen molar-refractivity contribution in [1.29, 1.82) is 0 Å². The molecule has 1 aliphatic carbocycles. The van der Waals surface area contributed by atoms with E-state index in [0.29, 0.717) is 16.1 Å². The Morgan fingerprint density at radius 1 is 1.35 bits per heavy atom. The van der Waals surface area contributed by atoms with Crippen LogP contribution in [0.15, 0.2) is 0 Å². The van der Waals surface area contributed by atoms with Gasteiger partial charge >= 0.3 is 0 Å². The van der Waals surface area contributed by atoms with E-state index in [1.165, 1.54) is 24.2 Å². The summed E-state index contributed by atoms with van der Waals surface area (Å²) in [6.07, 6.45) is 4.68. The molecule has 2 rings (SSSR count). The van der Waals surface area contributed by atoms with E-state index in [0.717, 1.165) is 31.6 Å². The number of amides is 1. The van der Waals surface area contributed by atoms with Gasteiger partial charge in [-0.1, -0.05) is 24.2 Å². The van der Waals surface area contributed by atoms with Gasteiger partial charge in [-0.15, -0.1) is 0 Å². The van der Waals surface area contributed by atoms with Gasteiger partial charge in [-0.2, -0.15) is 0 Å². The lowest BCUT2D eigenvalue weighted by Crippen LogP contribution is -2.42. The molecule has 1 aromatic rings. The number of nitrogens with zero attached hydrogens (tertiary/aromatic N) is 3. The number of rotatable bonds is 5. The van der Waals surface area contributed by atoms with Crippen LogP contribution >= 0.6 is 11.3 Å². The molecule has 20 heavy (non-hydrogen) atoms.